The lowest BCUT2D eigenvalue weighted by Crippen LogP contribution is -2.41. The third-order valence-corrected chi connectivity index (χ3v) is 3.86. The second-order valence-corrected chi connectivity index (χ2v) is 6.09. The molecule has 2 aromatic rings. The predicted molar refractivity (Wildman–Crippen MR) is 99.0 cm³/mol. The van der Waals surface area contributed by atoms with E-state index >= 15 is 0 Å². The van der Waals surface area contributed by atoms with Gasteiger partial charge in [-0.05, 0) is 56.0 Å². The Morgan fingerprint density at radius 1 is 1.04 bits per heavy atom. The zero-order valence-electron chi connectivity index (χ0n) is 15.0. The average Bonchev–Trinajstić information content (AvgIpc) is 2.62. The number of nitrogens with one attached hydrogen (secondary N) is 2. The van der Waals surface area contributed by atoms with Gasteiger partial charge in [0.2, 0.25) is 5.91 Å². The fraction of sp³-hybridized carbons (Fsp3) is 0.300. The number of aromatic hydroxyl groups is 1. The standard InChI is InChI=1S/C20H24N2O4/c1-14-10-11-15(2)18(13-14)26-12-6-5-9-19(24)21-22-20(25)16-7-3-4-8-17(16)23/h3-4,7-8,10-11,13,23H,5-6,9,12H2,1-2H3,(H,21,24)(H,22,25). The number of hydrazine groups is 1. The summed E-state index contributed by atoms with van der Waals surface area (Å²) >= 11 is 0. The molecule has 0 fully saturated rings. The Morgan fingerprint density at radius 3 is 2.58 bits per heavy atom. The fourth-order valence-corrected chi connectivity index (χ4v) is 2.35. The van der Waals surface area contributed by atoms with Crippen molar-refractivity contribution in [2.75, 3.05) is 6.61 Å². The fourth-order valence-electron chi connectivity index (χ4n) is 2.35. The Morgan fingerprint density at radius 2 is 1.81 bits per heavy atom. The topological polar surface area (TPSA) is 87.7 Å². The summed E-state index contributed by atoms with van der Waals surface area (Å²) in [6, 6.07) is 12.2. The highest BCUT2D eigenvalue weighted by molar-refractivity contribution is 5.97. The number of unbranched alkanes of at least 4 members (excludes halogenated alkanes) is 1. The lowest BCUT2D eigenvalue weighted by molar-refractivity contribution is -0.122. The van der Waals surface area contributed by atoms with Crippen LogP contribution in [0.4, 0.5) is 0 Å². The largest absolute Gasteiger partial charge is 0.507 e. The predicted octanol–water partition coefficient (Wildman–Crippen LogP) is 3.02. The third-order valence-electron chi connectivity index (χ3n) is 3.86. The molecule has 0 heterocycles. The van der Waals surface area contributed by atoms with Crippen molar-refractivity contribution in [3.63, 3.8) is 0 Å². The van der Waals surface area contributed by atoms with Crippen LogP contribution in [0.5, 0.6) is 11.5 Å². The van der Waals surface area contributed by atoms with Gasteiger partial charge in [0.05, 0.1) is 12.2 Å². The minimum Gasteiger partial charge on any atom is -0.507 e. The molecule has 0 aliphatic carbocycles. The number of carbonyl (C=O) groups is 2. The highest BCUT2D eigenvalue weighted by atomic mass is 16.5. The zero-order chi connectivity index (χ0) is 18.9. The summed E-state index contributed by atoms with van der Waals surface area (Å²) in [4.78, 5) is 23.6. The van der Waals surface area contributed by atoms with Crippen molar-refractivity contribution >= 4 is 11.8 Å². The summed E-state index contributed by atoms with van der Waals surface area (Å²) in [5.41, 5.74) is 6.97. The first-order valence-electron chi connectivity index (χ1n) is 8.54. The maximum absolute atomic E-state index is 11.9. The average molecular weight is 356 g/mol. The van der Waals surface area contributed by atoms with Crippen LogP contribution < -0.4 is 15.6 Å². The molecular weight excluding hydrogens is 332 g/mol. The number of ether oxygens (including phenoxy) is 1. The zero-order valence-corrected chi connectivity index (χ0v) is 15.0. The highest BCUT2D eigenvalue weighted by Gasteiger charge is 2.11. The molecule has 0 aliphatic heterocycles. The smallest absolute Gasteiger partial charge is 0.273 e. The molecule has 2 amide bonds. The number of para-hydroxylation sites is 1. The number of phenolic OH excluding ortho intramolecular Hbond substituents is 1. The molecule has 0 unspecified atom stereocenters. The molecule has 0 aliphatic rings. The van der Waals surface area contributed by atoms with Crippen LogP contribution in [0.1, 0.15) is 40.7 Å². The van der Waals surface area contributed by atoms with Crippen molar-refractivity contribution in [2.24, 2.45) is 0 Å². The lowest BCUT2D eigenvalue weighted by Gasteiger charge is -2.10. The molecule has 138 valence electrons. The van der Waals surface area contributed by atoms with E-state index in [0.29, 0.717) is 13.0 Å². The molecule has 0 aromatic heterocycles. The van der Waals surface area contributed by atoms with Crippen molar-refractivity contribution in [1.82, 2.24) is 10.9 Å². The summed E-state index contributed by atoms with van der Waals surface area (Å²) in [6.45, 7) is 4.54. The molecule has 0 saturated carbocycles. The second kappa shape index (κ2) is 9.46. The van der Waals surface area contributed by atoms with Crippen molar-refractivity contribution in [3.05, 3.63) is 59.2 Å². The molecule has 26 heavy (non-hydrogen) atoms. The molecule has 2 rings (SSSR count). The summed E-state index contributed by atoms with van der Waals surface area (Å²) in [5, 5.41) is 9.59. The van der Waals surface area contributed by atoms with Crippen LogP contribution in [-0.2, 0) is 4.79 Å². The van der Waals surface area contributed by atoms with Gasteiger partial charge in [-0.2, -0.15) is 0 Å². The Hall–Kier alpha value is -3.02. The first-order chi connectivity index (χ1) is 12.5. The van der Waals surface area contributed by atoms with Gasteiger partial charge in [-0.1, -0.05) is 24.3 Å². The van der Waals surface area contributed by atoms with Gasteiger partial charge in [-0.15, -0.1) is 0 Å². The molecule has 6 nitrogen and oxygen atoms in total. The first kappa shape index (κ1) is 19.3. The van der Waals surface area contributed by atoms with E-state index in [9.17, 15) is 14.7 Å². The molecule has 3 N–H and O–H groups in total. The van der Waals surface area contributed by atoms with Gasteiger partial charge in [-0.25, -0.2) is 0 Å². The number of amides is 2. The van der Waals surface area contributed by atoms with Crippen LogP contribution in [-0.4, -0.2) is 23.5 Å². The van der Waals surface area contributed by atoms with E-state index in [2.05, 4.69) is 10.9 Å². The van der Waals surface area contributed by atoms with E-state index in [1.807, 2.05) is 32.0 Å². The SMILES string of the molecule is Cc1ccc(C)c(OCCCCC(=O)NNC(=O)c2ccccc2O)c1. The number of hydrogen-bond acceptors (Lipinski definition) is 4. The molecule has 0 radical (unpaired) electrons. The van der Waals surface area contributed by atoms with Crippen LogP contribution >= 0.6 is 0 Å². The monoisotopic (exact) mass is 356 g/mol. The van der Waals surface area contributed by atoms with Gasteiger partial charge in [-0.3, -0.25) is 20.4 Å². The van der Waals surface area contributed by atoms with Crippen LogP contribution in [0.3, 0.4) is 0 Å². The van der Waals surface area contributed by atoms with E-state index in [0.717, 1.165) is 23.3 Å². The Balaban J connectivity index is 1.64. The van der Waals surface area contributed by atoms with Gasteiger partial charge in [0.15, 0.2) is 0 Å². The van der Waals surface area contributed by atoms with E-state index in [1.54, 1.807) is 12.1 Å². The number of rotatable bonds is 7. The van der Waals surface area contributed by atoms with Crippen LogP contribution in [0, 0.1) is 13.8 Å². The molecule has 0 spiro atoms. The summed E-state index contributed by atoms with van der Waals surface area (Å²) in [5.74, 6) is -0.123. The Labute approximate surface area is 153 Å². The van der Waals surface area contributed by atoms with E-state index in [1.165, 1.54) is 12.1 Å². The normalized spacial score (nSPS) is 10.2. The maximum atomic E-state index is 11.9. The molecule has 0 saturated heterocycles. The van der Waals surface area contributed by atoms with Crippen molar-refractivity contribution < 1.29 is 19.4 Å². The summed E-state index contributed by atoms with van der Waals surface area (Å²) in [6.07, 6.45) is 1.65. The number of phenols is 1. The summed E-state index contributed by atoms with van der Waals surface area (Å²) < 4.78 is 5.74. The molecule has 2 aromatic carbocycles. The lowest BCUT2D eigenvalue weighted by atomic mass is 10.1. The van der Waals surface area contributed by atoms with Crippen molar-refractivity contribution in [1.29, 1.82) is 0 Å². The number of aryl methyl sites for hydroxylation is 2. The summed E-state index contributed by atoms with van der Waals surface area (Å²) in [7, 11) is 0. The maximum Gasteiger partial charge on any atom is 0.273 e. The van der Waals surface area contributed by atoms with E-state index < -0.39 is 5.91 Å². The number of benzene rings is 2. The second-order valence-electron chi connectivity index (χ2n) is 6.09. The van der Waals surface area contributed by atoms with Crippen LogP contribution in [0.25, 0.3) is 0 Å². The minimum atomic E-state index is -0.560. The van der Waals surface area contributed by atoms with Gasteiger partial charge in [0, 0.05) is 6.42 Å². The molecule has 0 atom stereocenters. The first-order valence-corrected chi connectivity index (χ1v) is 8.54. The number of hydrogen-bond donors (Lipinski definition) is 3. The van der Waals surface area contributed by atoms with Crippen molar-refractivity contribution in [3.8, 4) is 11.5 Å². The van der Waals surface area contributed by atoms with Gasteiger partial charge >= 0.3 is 0 Å². The Kier molecular flexibility index (Phi) is 7.02. The Bertz CT molecular complexity index is 774. The molecule has 0 bridgehead atoms. The van der Waals surface area contributed by atoms with Crippen LogP contribution in [0.15, 0.2) is 42.5 Å². The van der Waals surface area contributed by atoms with Gasteiger partial charge in [0.1, 0.15) is 11.5 Å². The van der Waals surface area contributed by atoms with Gasteiger partial charge in [0.25, 0.3) is 5.91 Å². The minimum absolute atomic E-state index is 0.106. The van der Waals surface area contributed by atoms with Crippen LogP contribution in [0.2, 0.25) is 0 Å². The highest BCUT2D eigenvalue weighted by Crippen LogP contribution is 2.19. The number of carbonyl (C=O) groups excluding carboxylic acids is 2. The van der Waals surface area contributed by atoms with Crippen molar-refractivity contribution in [2.45, 2.75) is 33.1 Å². The van der Waals surface area contributed by atoms with E-state index in [4.69, 9.17) is 4.74 Å². The van der Waals surface area contributed by atoms with E-state index in [-0.39, 0.29) is 23.6 Å². The quantitative estimate of drug-likeness (QED) is 0.526. The molecular formula is C20H24N2O4. The third kappa shape index (κ3) is 5.81. The van der Waals surface area contributed by atoms with Gasteiger partial charge < -0.3 is 9.84 Å². The molecule has 6 heteroatoms.